The van der Waals surface area contributed by atoms with Gasteiger partial charge in [-0.05, 0) is 26.3 Å². The predicted molar refractivity (Wildman–Crippen MR) is 50.7 cm³/mol. The van der Waals surface area contributed by atoms with Gasteiger partial charge < -0.3 is 9.84 Å². The number of esters is 1. The zero-order valence-electron chi connectivity index (χ0n) is 11.4. The van der Waals surface area contributed by atoms with E-state index < -0.39 is 30.4 Å². The standard InChI is InChI=1S/C10H17NO3/c1-11-6-3-4-7(11)9(8(12)5-6)10(13)14-2/h6-9,12H,3-5H2,1-2H3/t6-,7+,8-,9+/m0/s1/i5D2,6D. The molecule has 0 spiro atoms. The number of nitrogens with zero attached hydrogens (tertiary/aromatic N) is 1. The summed E-state index contributed by atoms with van der Waals surface area (Å²) in [7, 11) is 2.85. The Balaban J connectivity index is 2.44. The molecule has 2 saturated heterocycles. The first-order chi connectivity index (χ1) is 7.77. The summed E-state index contributed by atoms with van der Waals surface area (Å²) in [6.45, 7) is 0. The Bertz CT molecular complexity index is 352. The molecule has 14 heavy (non-hydrogen) atoms. The lowest BCUT2D eigenvalue weighted by Gasteiger charge is -2.39. The van der Waals surface area contributed by atoms with Gasteiger partial charge in [0, 0.05) is 16.2 Å². The SMILES string of the molecule is [2H]C1([2H])[C@H](O)[C@H](C(=O)OC)[C@H]2CC[C@]1([2H])N2C. The first-order valence-electron chi connectivity index (χ1n) is 6.26. The van der Waals surface area contributed by atoms with Gasteiger partial charge >= 0.3 is 5.97 Å². The van der Waals surface area contributed by atoms with Gasteiger partial charge in [0.1, 0.15) is 0 Å². The highest BCUT2D eigenvalue weighted by molar-refractivity contribution is 5.74. The zero-order chi connectivity index (χ0) is 13.0. The van der Waals surface area contributed by atoms with Crippen LogP contribution >= 0.6 is 0 Å². The quantitative estimate of drug-likeness (QED) is 0.608. The van der Waals surface area contributed by atoms with Crippen LogP contribution in [-0.4, -0.2) is 48.3 Å². The minimum atomic E-state index is -2.15. The van der Waals surface area contributed by atoms with E-state index in [-0.39, 0.29) is 6.04 Å². The van der Waals surface area contributed by atoms with Crippen molar-refractivity contribution in [1.29, 1.82) is 0 Å². The van der Waals surface area contributed by atoms with E-state index in [4.69, 9.17) is 4.11 Å². The lowest BCUT2D eigenvalue weighted by molar-refractivity contribution is -0.155. The smallest absolute Gasteiger partial charge is 0.312 e. The van der Waals surface area contributed by atoms with E-state index >= 15 is 0 Å². The minimum absolute atomic E-state index is 0.311. The molecule has 4 atom stereocenters. The van der Waals surface area contributed by atoms with Crippen LogP contribution in [0.3, 0.4) is 0 Å². The van der Waals surface area contributed by atoms with E-state index in [2.05, 4.69) is 4.74 Å². The lowest BCUT2D eigenvalue weighted by atomic mass is 9.88. The number of hydrogen-bond acceptors (Lipinski definition) is 4. The maximum atomic E-state index is 11.7. The van der Waals surface area contributed by atoms with Crippen molar-refractivity contribution < 1.29 is 18.8 Å². The van der Waals surface area contributed by atoms with Gasteiger partial charge in [0.2, 0.25) is 0 Å². The highest BCUT2D eigenvalue weighted by Crippen LogP contribution is 2.38. The summed E-state index contributed by atoms with van der Waals surface area (Å²) in [5, 5.41) is 10.0. The maximum absolute atomic E-state index is 11.7. The molecule has 2 heterocycles. The average molecular weight is 202 g/mol. The largest absolute Gasteiger partial charge is 0.469 e. The van der Waals surface area contributed by atoms with Gasteiger partial charge in [-0.2, -0.15) is 0 Å². The van der Waals surface area contributed by atoms with E-state index in [0.717, 1.165) is 0 Å². The highest BCUT2D eigenvalue weighted by Gasteiger charge is 2.48. The highest BCUT2D eigenvalue weighted by atomic mass is 16.5. The van der Waals surface area contributed by atoms with Gasteiger partial charge in [-0.3, -0.25) is 9.69 Å². The third-order valence-electron chi connectivity index (χ3n) is 3.14. The predicted octanol–water partition coefficient (Wildman–Crippen LogP) is 0.00300. The number of aliphatic hydroxyl groups is 1. The van der Waals surface area contributed by atoms with Gasteiger partial charge in [-0.15, -0.1) is 0 Å². The number of carbonyl (C=O) groups is 1. The van der Waals surface area contributed by atoms with Crippen molar-refractivity contribution in [2.24, 2.45) is 5.92 Å². The second-order valence-corrected chi connectivity index (χ2v) is 3.80. The molecule has 0 aromatic carbocycles. The number of aliphatic hydroxyl groups excluding tert-OH is 1. The number of fused-ring (bicyclic) bond motifs is 2. The van der Waals surface area contributed by atoms with Crippen LogP contribution in [0.25, 0.3) is 0 Å². The summed E-state index contributed by atoms with van der Waals surface area (Å²) in [5.74, 6) is -1.52. The summed E-state index contributed by atoms with van der Waals surface area (Å²) in [5.41, 5.74) is 0. The maximum Gasteiger partial charge on any atom is 0.312 e. The molecule has 2 fully saturated rings. The topological polar surface area (TPSA) is 49.8 Å². The van der Waals surface area contributed by atoms with Crippen LogP contribution in [0.5, 0.6) is 0 Å². The van der Waals surface area contributed by atoms with Crippen molar-refractivity contribution in [3.63, 3.8) is 0 Å². The molecular weight excluding hydrogens is 182 g/mol. The molecule has 0 unspecified atom stereocenters. The molecule has 2 rings (SSSR count). The van der Waals surface area contributed by atoms with E-state index in [9.17, 15) is 9.90 Å². The van der Waals surface area contributed by atoms with Crippen molar-refractivity contribution >= 4 is 5.97 Å². The van der Waals surface area contributed by atoms with E-state index in [1.54, 1.807) is 11.9 Å². The fraction of sp³-hybridized carbons (Fsp3) is 0.900. The van der Waals surface area contributed by atoms with Crippen LogP contribution in [0, 0.1) is 5.92 Å². The van der Waals surface area contributed by atoms with Crippen LogP contribution in [-0.2, 0) is 9.53 Å². The Kier molecular flexibility index (Phi) is 1.71. The number of methoxy groups -OCH3 is 1. The average Bonchev–Trinajstić information content (AvgIpc) is 2.54. The minimum Gasteiger partial charge on any atom is -0.469 e. The summed E-state index contributed by atoms with van der Waals surface area (Å²) >= 11 is 0. The van der Waals surface area contributed by atoms with Crippen molar-refractivity contribution in [2.45, 2.75) is 37.4 Å². The first kappa shape index (κ1) is 6.80. The van der Waals surface area contributed by atoms with Crippen LogP contribution in [0.15, 0.2) is 0 Å². The Labute approximate surface area is 88.1 Å². The molecule has 2 aliphatic rings. The molecule has 0 saturated carbocycles. The second kappa shape index (κ2) is 3.51. The number of piperidine rings is 1. The van der Waals surface area contributed by atoms with E-state index in [1.807, 2.05) is 0 Å². The van der Waals surface area contributed by atoms with Crippen LogP contribution in [0.4, 0.5) is 0 Å². The number of rotatable bonds is 1. The summed E-state index contributed by atoms with van der Waals surface area (Å²) in [4.78, 5) is 13.2. The fourth-order valence-corrected chi connectivity index (χ4v) is 2.34. The van der Waals surface area contributed by atoms with E-state index in [0.29, 0.717) is 12.8 Å². The van der Waals surface area contributed by atoms with E-state index in [1.165, 1.54) is 7.11 Å². The molecule has 0 aromatic heterocycles. The second-order valence-electron chi connectivity index (χ2n) is 3.80. The molecule has 80 valence electrons. The molecule has 2 aliphatic heterocycles. The Hall–Kier alpha value is -0.610. The lowest BCUT2D eigenvalue weighted by Crippen LogP contribution is -2.52. The van der Waals surface area contributed by atoms with Crippen LogP contribution in [0.2, 0.25) is 0 Å². The zero-order valence-corrected chi connectivity index (χ0v) is 8.36. The number of hydrogen-bond donors (Lipinski definition) is 1. The Morgan fingerprint density at radius 3 is 3.07 bits per heavy atom. The van der Waals surface area contributed by atoms with Crippen LogP contribution in [0.1, 0.15) is 23.3 Å². The Morgan fingerprint density at radius 2 is 2.43 bits per heavy atom. The van der Waals surface area contributed by atoms with Gasteiger partial charge in [-0.25, -0.2) is 0 Å². The van der Waals surface area contributed by atoms with Gasteiger partial charge in [0.25, 0.3) is 0 Å². The van der Waals surface area contributed by atoms with Crippen molar-refractivity contribution in [3.8, 4) is 0 Å². The molecule has 2 bridgehead atoms. The monoisotopic (exact) mass is 202 g/mol. The summed E-state index contributed by atoms with van der Waals surface area (Å²) in [6.07, 6.45) is -2.80. The third kappa shape index (κ3) is 1.33. The first-order valence-corrected chi connectivity index (χ1v) is 4.76. The number of ether oxygens (including phenoxy) is 1. The normalized spacial score (nSPS) is 54.5. The van der Waals surface area contributed by atoms with Gasteiger partial charge in [0.05, 0.1) is 19.1 Å². The fourth-order valence-electron chi connectivity index (χ4n) is 2.34. The summed E-state index contributed by atoms with van der Waals surface area (Å²) < 4.78 is 28.7. The molecule has 0 amide bonds. The molecule has 0 aromatic rings. The molecule has 1 N–H and O–H groups in total. The van der Waals surface area contributed by atoms with Gasteiger partial charge in [-0.1, -0.05) is 0 Å². The molecule has 0 aliphatic carbocycles. The van der Waals surface area contributed by atoms with Crippen molar-refractivity contribution in [2.75, 3.05) is 14.2 Å². The Morgan fingerprint density at radius 1 is 1.71 bits per heavy atom. The van der Waals surface area contributed by atoms with Crippen molar-refractivity contribution in [3.05, 3.63) is 0 Å². The summed E-state index contributed by atoms with van der Waals surface area (Å²) in [6, 6.07) is -1.78. The molecule has 0 radical (unpaired) electrons. The number of carbonyl (C=O) groups excluding carboxylic acids is 1. The molecular formula is C10H17NO3. The van der Waals surface area contributed by atoms with Crippen LogP contribution < -0.4 is 0 Å². The third-order valence-corrected chi connectivity index (χ3v) is 3.14. The van der Waals surface area contributed by atoms with Crippen molar-refractivity contribution in [1.82, 2.24) is 4.90 Å². The molecule has 4 nitrogen and oxygen atoms in total. The van der Waals surface area contributed by atoms with Gasteiger partial charge in [0.15, 0.2) is 0 Å². The molecule has 4 heteroatoms.